The fourth-order valence-electron chi connectivity index (χ4n) is 3.02. The van der Waals surface area contributed by atoms with Crippen LogP contribution in [-0.4, -0.2) is 15.8 Å². The molecule has 3 N–H and O–H groups in total. The molecule has 0 amide bonds. The third-order valence-corrected chi connectivity index (χ3v) is 4.31. The van der Waals surface area contributed by atoms with Crippen molar-refractivity contribution < 1.29 is 0 Å². The third kappa shape index (κ3) is 3.82. The van der Waals surface area contributed by atoms with Gasteiger partial charge in [0.1, 0.15) is 0 Å². The highest BCUT2D eigenvalue weighted by atomic mass is 15.3. The van der Waals surface area contributed by atoms with Gasteiger partial charge in [0.15, 0.2) is 0 Å². The summed E-state index contributed by atoms with van der Waals surface area (Å²) in [5.41, 5.74) is 4.27. The Balaban J connectivity index is 1.70. The molecule has 18 heavy (non-hydrogen) atoms. The smallest absolute Gasteiger partial charge is 0.0492 e. The van der Waals surface area contributed by atoms with Crippen molar-refractivity contribution in [1.29, 1.82) is 0 Å². The molecule has 0 radical (unpaired) electrons. The van der Waals surface area contributed by atoms with E-state index < -0.39 is 0 Å². The highest BCUT2D eigenvalue weighted by molar-refractivity contribution is 5.00. The average Bonchev–Trinajstić information content (AvgIpc) is 3.01. The van der Waals surface area contributed by atoms with Crippen LogP contribution in [0.1, 0.15) is 50.6 Å². The quantitative estimate of drug-likeness (QED) is 0.576. The summed E-state index contributed by atoms with van der Waals surface area (Å²) in [5, 5.41) is 4.19. The van der Waals surface area contributed by atoms with Crippen LogP contribution in [-0.2, 0) is 13.5 Å². The van der Waals surface area contributed by atoms with E-state index in [2.05, 4.69) is 16.6 Å². The van der Waals surface area contributed by atoms with Gasteiger partial charge in [-0.1, -0.05) is 25.7 Å². The number of hydrogen-bond donors (Lipinski definition) is 2. The second-order valence-electron chi connectivity index (χ2n) is 5.58. The molecule has 0 aromatic carbocycles. The molecule has 1 aromatic heterocycles. The minimum atomic E-state index is 0.445. The van der Waals surface area contributed by atoms with E-state index in [4.69, 9.17) is 5.84 Å². The Morgan fingerprint density at radius 3 is 2.83 bits per heavy atom. The molecule has 1 fully saturated rings. The Bertz CT molecular complexity index is 341. The van der Waals surface area contributed by atoms with Crippen LogP contribution in [0.25, 0.3) is 0 Å². The molecule has 4 heteroatoms. The molecule has 1 unspecified atom stereocenters. The predicted octanol–water partition coefficient (Wildman–Crippen LogP) is 2.16. The van der Waals surface area contributed by atoms with E-state index in [9.17, 15) is 0 Å². The zero-order chi connectivity index (χ0) is 12.8. The van der Waals surface area contributed by atoms with Crippen LogP contribution in [0.4, 0.5) is 0 Å². The minimum Gasteiger partial charge on any atom is -0.273 e. The van der Waals surface area contributed by atoms with Crippen molar-refractivity contribution in [3.63, 3.8) is 0 Å². The van der Waals surface area contributed by atoms with Crippen LogP contribution in [0.15, 0.2) is 12.3 Å². The second-order valence-corrected chi connectivity index (χ2v) is 5.58. The van der Waals surface area contributed by atoms with Crippen molar-refractivity contribution in [3.05, 3.63) is 18.0 Å². The lowest BCUT2D eigenvalue weighted by Gasteiger charge is -2.18. The first-order valence-electron chi connectivity index (χ1n) is 7.22. The summed E-state index contributed by atoms with van der Waals surface area (Å²) in [6.07, 6.45) is 12.3. The molecule has 1 aromatic rings. The summed E-state index contributed by atoms with van der Waals surface area (Å²) < 4.78 is 1.95. The topological polar surface area (TPSA) is 55.9 Å². The van der Waals surface area contributed by atoms with Gasteiger partial charge in [-0.05, 0) is 37.7 Å². The molecule has 1 aliphatic rings. The van der Waals surface area contributed by atoms with E-state index in [-0.39, 0.29) is 0 Å². The van der Waals surface area contributed by atoms with Gasteiger partial charge in [-0.2, -0.15) is 5.10 Å². The molecule has 102 valence electrons. The molecule has 1 atom stereocenters. The van der Waals surface area contributed by atoms with Crippen molar-refractivity contribution in [2.75, 3.05) is 0 Å². The number of nitrogens with zero attached hydrogens (tertiary/aromatic N) is 2. The Kier molecular flexibility index (Phi) is 5.20. The molecule has 2 rings (SSSR count). The molecule has 0 aliphatic heterocycles. The molecule has 0 spiro atoms. The summed E-state index contributed by atoms with van der Waals surface area (Å²) in [6.45, 7) is 0. The number of aromatic nitrogens is 2. The molecular formula is C14H26N4. The molecule has 1 heterocycles. The molecule has 4 nitrogen and oxygen atoms in total. The molecular weight excluding hydrogens is 224 g/mol. The van der Waals surface area contributed by atoms with Crippen LogP contribution in [0.3, 0.4) is 0 Å². The fraction of sp³-hybridized carbons (Fsp3) is 0.786. The van der Waals surface area contributed by atoms with Gasteiger partial charge in [0.05, 0.1) is 0 Å². The van der Waals surface area contributed by atoms with Gasteiger partial charge in [0.25, 0.3) is 0 Å². The molecule has 0 saturated heterocycles. The maximum absolute atomic E-state index is 5.66. The van der Waals surface area contributed by atoms with Gasteiger partial charge in [0.2, 0.25) is 0 Å². The highest BCUT2D eigenvalue weighted by Crippen LogP contribution is 2.29. The van der Waals surface area contributed by atoms with Gasteiger partial charge in [-0.3, -0.25) is 16.0 Å². The van der Waals surface area contributed by atoms with Crippen LogP contribution in [0.5, 0.6) is 0 Å². The largest absolute Gasteiger partial charge is 0.273 e. The number of hydrazine groups is 1. The fourth-order valence-corrected chi connectivity index (χ4v) is 3.02. The Morgan fingerprint density at radius 2 is 2.22 bits per heavy atom. The summed E-state index contributed by atoms with van der Waals surface area (Å²) in [7, 11) is 2.00. The van der Waals surface area contributed by atoms with E-state index in [0.29, 0.717) is 6.04 Å². The van der Waals surface area contributed by atoms with E-state index in [0.717, 1.165) is 18.8 Å². The van der Waals surface area contributed by atoms with Gasteiger partial charge < -0.3 is 0 Å². The zero-order valence-electron chi connectivity index (χ0n) is 11.4. The van der Waals surface area contributed by atoms with Crippen molar-refractivity contribution in [2.24, 2.45) is 18.8 Å². The van der Waals surface area contributed by atoms with Gasteiger partial charge >= 0.3 is 0 Å². The van der Waals surface area contributed by atoms with E-state index in [1.165, 1.54) is 44.2 Å². The van der Waals surface area contributed by atoms with E-state index >= 15 is 0 Å². The second kappa shape index (κ2) is 6.90. The minimum absolute atomic E-state index is 0.445. The summed E-state index contributed by atoms with van der Waals surface area (Å²) in [6, 6.07) is 2.53. The van der Waals surface area contributed by atoms with Crippen molar-refractivity contribution in [2.45, 2.75) is 57.4 Å². The lowest BCUT2D eigenvalue weighted by Crippen LogP contribution is -2.35. The van der Waals surface area contributed by atoms with Crippen molar-refractivity contribution in [3.8, 4) is 0 Å². The van der Waals surface area contributed by atoms with Crippen LogP contribution < -0.4 is 11.3 Å². The van der Waals surface area contributed by atoms with Crippen molar-refractivity contribution >= 4 is 0 Å². The normalized spacial score (nSPS) is 18.3. The first kappa shape index (κ1) is 13.6. The summed E-state index contributed by atoms with van der Waals surface area (Å²) >= 11 is 0. The molecule has 1 saturated carbocycles. The third-order valence-electron chi connectivity index (χ3n) is 4.31. The molecule has 0 bridgehead atoms. The number of aryl methyl sites for hydroxylation is 2. The van der Waals surface area contributed by atoms with Crippen LogP contribution >= 0.6 is 0 Å². The van der Waals surface area contributed by atoms with Gasteiger partial charge in [-0.25, -0.2) is 0 Å². The SMILES string of the molecule is Cn1nccc1CCC(CCC1CCCC1)NN. The first-order chi connectivity index (χ1) is 8.79. The maximum atomic E-state index is 5.66. The Hall–Kier alpha value is -0.870. The number of rotatable bonds is 7. The Labute approximate surface area is 110 Å². The lowest BCUT2D eigenvalue weighted by molar-refractivity contribution is 0.392. The van der Waals surface area contributed by atoms with E-state index in [1.807, 2.05) is 17.9 Å². The monoisotopic (exact) mass is 250 g/mol. The van der Waals surface area contributed by atoms with Crippen molar-refractivity contribution in [1.82, 2.24) is 15.2 Å². The average molecular weight is 250 g/mol. The number of nitrogens with two attached hydrogens (primary N) is 1. The van der Waals surface area contributed by atoms with E-state index in [1.54, 1.807) is 0 Å². The first-order valence-corrected chi connectivity index (χ1v) is 7.22. The summed E-state index contributed by atoms with van der Waals surface area (Å²) in [5.74, 6) is 6.62. The highest BCUT2D eigenvalue weighted by Gasteiger charge is 2.17. The van der Waals surface area contributed by atoms with Gasteiger partial charge in [-0.15, -0.1) is 0 Å². The maximum Gasteiger partial charge on any atom is 0.0492 e. The zero-order valence-corrected chi connectivity index (χ0v) is 11.4. The lowest BCUT2D eigenvalue weighted by atomic mass is 9.96. The number of hydrogen-bond acceptors (Lipinski definition) is 3. The van der Waals surface area contributed by atoms with Crippen LogP contribution in [0, 0.1) is 5.92 Å². The number of nitrogens with one attached hydrogen (secondary N) is 1. The molecule has 1 aliphatic carbocycles. The standard InChI is InChI=1S/C14H26N4/c1-18-14(10-11-16-18)9-8-13(17-15)7-6-12-4-2-3-5-12/h10-13,17H,2-9,15H2,1H3. The summed E-state index contributed by atoms with van der Waals surface area (Å²) in [4.78, 5) is 0. The Morgan fingerprint density at radius 1 is 1.44 bits per heavy atom. The van der Waals surface area contributed by atoms with Crippen LogP contribution in [0.2, 0.25) is 0 Å². The van der Waals surface area contributed by atoms with Gasteiger partial charge in [0, 0.05) is 25.0 Å². The predicted molar refractivity (Wildman–Crippen MR) is 73.8 cm³/mol.